The SMILES string of the molecule is Cn1cc(CC(NC(=O)OC(C)(C)C)C(=O)Nc2cccnc2)c2ccccc21. The number of para-hydroxylation sites is 1. The van der Waals surface area contributed by atoms with Gasteiger partial charge < -0.3 is 19.9 Å². The van der Waals surface area contributed by atoms with Crippen LogP contribution >= 0.6 is 0 Å². The fraction of sp³-hybridized carbons (Fsp3) is 0.318. The van der Waals surface area contributed by atoms with E-state index in [9.17, 15) is 9.59 Å². The number of carbonyl (C=O) groups is 2. The van der Waals surface area contributed by atoms with Gasteiger partial charge in [-0.25, -0.2) is 4.79 Å². The number of carbonyl (C=O) groups excluding carboxylic acids is 2. The predicted molar refractivity (Wildman–Crippen MR) is 113 cm³/mol. The van der Waals surface area contributed by atoms with Crippen molar-refractivity contribution in [2.45, 2.75) is 38.8 Å². The number of amides is 2. The van der Waals surface area contributed by atoms with E-state index in [2.05, 4.69) is 15.6 Å². The third-order valence-corrected chi connectivity index (χ3v) is 4.34. The van der Waals surface area contributed by atoms with Crippen LogP contribution in [0.25, 0.3) is 10.9 Å². The number of benzene rings is 1. The first kappa shape index (κ1) is 20.4. The number of hydrogen-bond donors (Lipinski definition) is 2. The van der Waals surface area contributed by atoms with E-state index in [0.717, 1.165) is 16.5 Å². The Balaban J connectivity index is 1.85. The molecule has 1 atom stereocenters. The lowest BCUT2D eigenvalue weighted by Crippen LogP contribution is -2.47. The van der Waals surface area contributed by atoms with Crippen molar-refractivity contribution in [3.63, 3.8) is 0 Å². The van der Waals surface area contributed by atoms with Crippen molar-refractivity contribution in [1.82, 2.24) is 14.9 Å². The molecule has 2 amide bonds. The first-order valence-electron chi connectivity index (χ1n) is 9.46. The van der Waals surface area contributed by atoms with Crippen molar-refractivity contribution in [3.8, 4) is 0 Å². The Morgan fingerprint density at radius 2 is 1.93 bits per heavy atom. The number of ether oxygens (including phenoxy) is 1. The monoisotopic (exact) mass is 394 g/mol. The van der Waals surface area contributed by atoms with Gasteiger partial charge in [-0.05, 0) is 44.5 Å². The van der Waals surface area contributed by atoms with E-state index in [0.29, 0.717) is 12.1 Å². The smallest absolute Gasteiger partial charge is 0.408 e. The highest BCUT2D eigenvalue weighted by Gasteiger charge is 2.26. The largest absolute Gasteiger partial charge is 0.444 e. The van der Waals surface area contributed by atoms with Gasteiger partial charge in [0.05, 0.1) is 11.9 Å². The van der Waals surface area contributed by atoms with Crippen LogP contribution in [0.4, 0.5) is 10.5 Å². The van der Waals surface area contributed by atoms with Crippen molar-refractivity contribution >= 4 is 28.6 Å². The zero-order valence-corrected chi connectivity index (χ0v) is 17.1. The Labute approximate surface area is 170 Å². The van der Waals surface area contributed by atoms with Crippen LogP contribution in [0.2, 0.25) is 0 Å². The summed E-state index contributed by atoms with van der Waals surface area (Å²) in [6.07, 6.45) is 4.85. The molecule has 0 aliphatic heterocycles. The average molecular weight is 394 g/mol. The molecule has 0 saturated heterocycles. The minimum Gasteiger partial charge on any atom is -0.444 e. The molecule has 1 aromatic carbocycles. The number of alkyl carbamates (subject to hydrolysis) is 1. The first-order chi connectivity index (χ1) is 13.7. The van der Waals surface area contributed by atoms with Gasteiger partial charge in [-0.1, -0.05) is 18.2 Å². The van der Waals surface area contributed by atoms with Gasteiger partial charge in [0, 0.05) is 36.8 Å². The van der Waals surface area contributed by atoms with Gasteiger partial charge in [-0.15, -0.1) is 0 Å². The van der Waals surface area contributed by atoms with Crippen LogP contribution in [0.15, 0.2) is 55.0 Å². The highest BCUT2D eigenvalue weighted by Crippen LogP contribution is 2.22. The number of fused-ring (bicyclic) bond motifs is 1. The molecule has 0 saturated carbocycles. The quantitative estimate of drug-likeness (QED) is 0.692. The van der Waals surface area contributed by atoms with Gasteiger partial charge in [-0.2, -0.15) is 0 Å². The van der Waals surface area contributed by atoms with Gasteiger partial charge in [-0.3, -0.25) is 9.78 Å². The summed E-state index contributed by atoms with van der Waals surface area (Å²) in [5.41, 5.74) is 1.93. The summed E-state index contributed by atoms with van der Waals surface area (Å²) in [6, 6.07) is 10.6. The van der Waals surface area contributed by atoms with E-state index >= 15 is 0 Å². The summed E-state index contributed by atoms with van der Waals surface area (Å²) in [4.78, 5) is 29.3. The first-order valence-corrected chi connectivity index (χ1v) is 9.46. The van der Waals surface area contributed by atoms with Crippen LogP contribution in [0, 0.1) is 0 Å². The summed E-state index contributed by atoms with van der Waals surface area (Å²) in [5, 5.41) is 6.56. The average Bonchev–Trinajstić information content (AvgIpc) is 2.96. The summed E-state index contributed by atoms with van der Waals surface area (Å²) < 4.78 is 7.36. The lowest BCUT2D eigenvalue weighted by molar-refractivity contribution is -0.118. The van der Waals surface area contributed by atoms with Gasteiger partial charge in [0.2, 0.25) is 5.91 Å². The lowest BCUT2D eigenvalue weighted by atomic mass is 10.0. The molecule has 0 radical (unpaired) electrons. The Morgan fingerprint density at radius 1 is 1.17 bits per heavy atom. The van der Waals surface area contributed by atoms with Crippen LogP contribution < -0.4 is 10.6 Å². The number of anilines is 1. The van der Waals surface area contributed by atoms with E-state index in [1.807, 2.05) is 42.1 Å². The molecule has 7 heteroatoms. The molecule has 7 nitrogen and oxygen atoms in total. The summed E-state index contributed by atoms with van der Waals surface area (Å²) in [6.45, 7) is 5.34. The highest BCUT2D eigenvalue weighted by molar-refractivity contribution is 5.97. The fourth-order valence-corrected chi connectivity index (χ4v) is 3.13. The molecule has 2 aromatic heterocycles. The maximum Gasteiger partial charge on any atom is 0.408 e. The highest BCUT2D eigenvalue weighted by atomic mass is 16.6. The molecular weight excluding hydrogens is 368 g/mol. The predicted octanol–water partition coefficient (Wildman–Crippen LogP) is 3.65. The third kappa shape index (κ3) is 5.34. The maximum absolute atomic E-state index is 12.9. The number of aromatic nitrogens is 2. The van der Waals surface area contributed by atoms with Crippen molar-refractivity contribution in [3.05, 3.63) is 60.6 Å². The minimum absolute atomic E-state index is 0.326. The topological polar surface area (TPSA) is 85.2 Å². The minimum atomic E-state index is -0.809. The van der Waals surface area contributed by atoms with Crippen LogP contribution in [-0.2, 0) is 23.0 Å². The molecule has 29 heavy (non-hydrogen) atoms. The molecule has 0 aliphatic carbocycles. The summed E-state index contributed by atoms with van der Waals surface area (Å²) >= 11 is 0. The molecule has 0 spiro atoms. The zero-order chi connectivity index (χ0) is 21.0. The number of aryl methyl sites for hydroxylation is 1. The molecule has 1 unspecified atom stereocenters. The fourth-order valence-electron chi connectivity index (χ4n) is 3.13. The molecule has 3 rings (SSSR count). The molecule has 3 aromatic rings. The number of rotatable bonds is 5. The van der Waals surface area contributed by atoms with Crippen molar-refractivity contribution < 1.29 is 14.3 Å². The standard InChI is InChI=1S/C22H26N4O3/c1-22(2,3)29-21(28)25-18(20(27)24-16-8-7-11-23-13-16)12-15-14-26(4)19-10-6-5-9-17(15)19/h5-11,13-14,18H,12H2,1-4H3,(H,24,27)(H,25,28). The van der Waals surface area contributed by atoms with E-state index in [4.69, 9.17) is 4.74 Å². The Hall–Kier alpha value is -3.35. The van der Waals surface area contributed by atoms with Crippen LogP contribution in [0.1, 0.15) is 26.3 Å². The van der Waals surface area contributed by atoms with Crippen molar-refractivity contribution in [1.29, 1.82) is 0 Å². The second kappa shape index (κ2) is 8.34. The van der Waals surface area contributed by atoms with Crippen molar-refractivity contribution in [2.75, 3.05) is 5.32 Å². The molecular formula is C22H26N4O3. The van der Waals surface area contributed by atoms with Gasteiger partial charge >= 0.3 is 6.09 Å². The second-order valence-corrected chi connectivity index (χ2v) is 7.92. The lowest BCUT2D eigenvalue weighted by Gasteiger charge is -2.23. The third-order valence-electron chi connectivity index (χ3n) is 4.34. The molecule has 0 fully saturated rings. The zero-order valence-electron chi connectivity index (χ0n) is 17.1. The maximum atomic E-state index is 12.9. The van der Waals surface area contributed by atoms with Crippen LogP contribution in [0.5, 0.6) is 0 Å². The van der Waals surface area contributed by atoms with Crippen LogP contribution in [-0.4, -0.2) is 33.2 Å². The molecule has 0 aliphatic rings. The van der Waals surface area contributed by atoms with E-state index in [1.54, 1.807) is 45.3 Å². The number of pyridine rings is 1. The summed E-state index contributed by atoms with van der Waals surface area (Å²) in [7, 11) is 1.96. The molecule has 2 heterocycles. The Bertz CT molecular complexity index is 1010. The molecule has 2 N–H and O–H groups in total. The number of nitrogens with zero attached hydrogens (tertiary/aromatic N) is 2. The van der Waals surface area contributed by atoms with Crippen molar-refractivity contribution in [2.24, 2.45) is 7.05 Å². The van der Waals surface area contributed by atoms with Gasteiger partial charge in [0.25, 0.3) is 0 Å². The van der Waals surface area contributed by atoms with E-state index in [-0.39, 0.29) is 5.91 Å². The Kier molecular flexibility index (Phi) is 5.87. The normalized spacial score (nSPS) is 12.4. The van der Waals surface area contributed by atoms with E-state index in [1.165, 1.54) is 0 Å². The molecule has 0 bridgehead atoms. The Morgan fingerprint density at radius 3 is 2.62 bits per heavy atom. The van der Waals surface area contributed by atoms with Gasteiger partial charge in [0.1, 0.15) is 11.6 Å². The second-order valence-electron chi connectivity index (χ2n) is 7.92. The van der Waals surface area contributed by atoms with Crippen LogP contribution in [0.3, 0.4) is 0 Å². The van der Waals surface area contributed by atoms with E-state index < -0.39 is 17.7 Å². The molecule has 152 valence electrons. The number of hydrogen-bond acceptors (Lipinski definition) is 4. The summed E-state index contributed by atoms with van der Waals surface area (Å²) in [5.74, 6) is -0.336. The van der Waals surface area contributed by atoms with Gasteiger partial charge in [0.15, 0.2) is 0 Å². The number of nitrogens with one attached hydrogen (secondary N) is 2.